The molecule has 14 N–H and O–H groups in total. The van der Waals surface area contributed by atoms with Crippen LogP contribution >= 0.6 is 0 Å². The van der Waals surface area contributed by atoms with Crippen molar-refractivity contribution in [2.75, 3.05) is 6.61 Å². The van der Waals surface area contributed by atoms with Crippen molar-refractivity contribution in [2.45, 2.75) is 123 Å². The molecule has 0 aliphatic rings. The highest BCUT2D eigenvalue weighted by molar-refractivity contribution is 5.97. The Bertz CT molecular complexity index is 1470. The van der Waals surface area contributed by atoms with E-state index in [1.54, 1.807) is 41.5 Å². The number of hydrogen-bond donors (Lipinski definition) is 12. The Morgan fingerprint density at radius 1 is 0.709 bits per heavy atom. The molecule has 1 rings (SSSR count). The topological polar surface area (TPSA) is 350 Å². The maximum atomic E-state index is 13.5. The predicted molar refractivity (Wildman–Crippen MR) is 196 cm³/mol. The first-order valence-electron chi connectivity index (χ1n) is 17.9. The third kappa shape index (κ3) is 16.4. The van der Waals surface area contributed by atoms with Gasteiger partial charge in [0.2, 0.25) is 41.4 Å². The van der Waals surface area contributed by atoms with E-state index in [0.29, 0.717) is 5.69 Å². The zero-order chi connectivity index (χ0) is 42.2. The van der Waals surface area contributed by atoms with Gasteiger partial charge in [-0.3, -0.25) is 33.6 Å². The lowest BCUT2D eigenvalue weighted by molar-refractivity contribution is -0.142. The molecule has 0 aliphatic carbocycles. The summed E-state index contributed by atoms with van der Waals surface area (Å²) in [7, 11) is 0. The normalized spacial score (nSPS) is 15.7. The lowest BCUT2D eigenvalue weighted by Crippen LogP contribution is -2.62. The highest BCUT2D eigenvalue weighted by Gasteiger charge is 2.36. The van der Waals surface area contributed by atoms with Gasteiger partial charge in [-0.1, -0.05) is 41.5 Å². The molecule has 0 spiro atoms. The minimum atomic E-state index is -1.79. The second-order valence-corrected chi connectivity index (χ2v) is 14.4. The van der Waals surface area contributed by atoms with E-state index in [0.717, 1.165) is 6.92 Å². The van der Waals surface area contributed by atoms with Crippen LogP contribution in [0, 0.1) is 17.8 Å². The van der Waals surface area contributed by atoms with Crippen LogP contribution in [-0.2, 0) is 44.8 Å². The minimum absolute atomic E-state index is 0.0830. The van der Waals surface area contributed by atoms with Crippen LogP contribution in [0.25, 0.3) is 0 Å². The molecule has 1 aromatic rings. The number of aromatic nitrogens is 2. The number of nitrogens with zero attached hydrogens (tertiary/aromatic N) is 1. The number of carboxylic acids is 1. The molecule has 21 heteroatoms. The number of hydrogen-bond acceptors (Lipinski definition) is 12. The summed E-state index contributed by atoms with van der Waals surface area (Å²) < 4.78 is 0. The molecule has 0 bridgehead atoms. The van der Waals surface area contributed by atoms with Crippen molar-refractivity contribution >= 4 is 47.3 Å². The summed E-state index contributed by atoms with van der Waals surface area (Å²) in [4.78, 5) is 109. The van der Waals surface area contributed by atoms with Crippen molar-refractivity contribution in [2.24, 2.45) is 29.2 Å². The molecular formula is C34H58N10O11. The lowest BCUT2D eigenvalue weighted by Gasteiger charge is -2.29. The summed E-state index contributed by atoms with van der Waals surface area (Å²) in [5.41, 5.74) is 11.5. The molecule has 7 amide bonds. The average molecular weight is 783 g/mol. The number of aromatic amines is 1. The summed E-state index contributed by atoms with van der Waals surface area (Å²) in [5, 5.41) is 44.5. The van der Waals surface area contributed by atoms with Gasteiger partial charge in [-0.25, -0.2) is 9.78 Å². The number of rotatable bonds is 24. The van der Waals surface area contributed by atoms with E-state index in [1.807, 2.05) is 0 Å². The third-order valence-corrected chi connectivity index (χ3v) is 8.39. The summed E-state index contributed by atoms with van der Waals surface area (Å²) in [6.07, 6.45) is 0.121. The van der Waals surface area contributed by atoms with Gasteiger partial charge in [-0.2, -0.15) is 0 Å². The third-order valence-electron chi connectivity index (χ3n) is 8.39. The number of imidazole rings is 1. The number of aliphatic hydroxyl groups excluding tert-OH is 2. The number of amides is 7. The van der Waals surface area contributed by atoms with Gasteiger partial charge in [-0.05, 0) is 37.5 Å². The molecule has 21 nitrogen and oxygen atoms in total. The number of carboxylic acid groups (broad SMARTS) is 1. The first-order chi connectivity index (χ1) is 25.6. The molecule has 0 saturated carbocycles. The quantitative estimate of drug-likeness (QED) is 0.0481. The number of nitrogens with two attached hydrogens (primary N) is 2. The van der Waals surface area contributed by atoms with Crippen molar-refractivity contribution in [1.82, 2.24) is 41.9 Å². The van der Waals surface area contributed by atoms with E-state index in [9.17, 15) is 53.7 Å². The van der Waals surface area contributed by atoms with Crippen LogP contribution in [0.2, 0.25) is 0 Å². The molecule has 0 aromatic carbocycles. The molecule has 310 valence electrons. The number of aliphatic hydroxyl groups is 2. The number of carbonyl (C=O) groups excluding carboxylic acids is 7. The monoisotopic (exact) mass is 782 g/mol. The van der Waals surface area contributed by atoms with Gasteiger partial charge < -0.3 is 63.7 Å². The Hall–Kier alpha value is -5.15. The Morgan fingerprint density at radius 2 is 1.22 bits per heavy atom. The Morgan fingerprint density at radius 3 is 1.69 bits per heavy atom. The molecule has 1 aromatic heterocycles. The van der Waals surface area contributed by atoms with Gasteiger partial charge in [0.25, 0.3) is 0 Å². The van der Waals surface area contributed by atoms with Crippen LogP contribution in [-0.4, -0.2) is 128 Å². The molecule has 0 aliphatic heterocycles. The lowest BCUT2D eigenvalue weighted by atomic mass is 9.98. The van der Waals surface area contributed by atoms with Crippen molar-refractivity contribution in [3.8, 4) is 0 Å². The first kappa shape index (κ1) is 47.9. The van der Waals surface area contributed by atoms with Crippen LogP contribution in [0.1, 0.15) is 73.4 Å². The Kier molecular flexibility index (Phi) is 20.0. The van der Waals surface area contributed by atoms with Crippen LogP contribution in [0.3, 0.4) is 0 Å². The minimum Gasteiger partial charge on any atom is -0.480 e. The van der Waals surface area contributed by atoms with Crippen molar-refractivity contribution < 1.29 is 53.7 Å². The molecule has 0 fully saturated rings. The second-order valence-electron chi connectivity index (χ2n) is 14.4. The molecular weight excluding hydrogens is 724 g/mol. The van der Waals surface area contributed by atoms with Crippen LogP contribution in [0.4, 0.5) is 0 Å². The van der Waals surface area contributed by atoms with Gasteiger partial charge in [0, 0.05) is 24.7 Å². The number of primary amides is 1. The fraction of sp³-hybridized carbons (Fsp3) is 0.676. The predicted octanol–water partition coefficient (Wildman–Crippen LogP) is -3.73. The summed E-state index contributed by atoms with van der Waals surface area (Å²) >= 11 is 0. The Balaban J connectivity index is 3.16. The summed E-state index contributed by atoms with van der Waals surface area (Å²) in [6, 6.07) is -9.73. The highest BCUT2D eigenvalue weighted by atomic mass is 16.4. The van der Waals surface area contributed by atoms with Gasteiger partial charge in [0.15, 0.2) is 0 Å². The smallest absolute Gasteiger partial charge is 0.326 e. The fourth-order valence-corrected chi connectivity index (χ4v) is 5.08. The van der Waals surface area contributed by atoms with Crippen molar-refractivity contribution in [1.29, 1.82) is 0 Å². The second kappa shape index (κ2) is 22.9. The largest absolute Gasteiger partial charge is 0.480 e. The van der Waals surface area contributed by atoms with Gasteiger partial charge in [-0.15, -0.1) is 0 Å². The first-order valence-corrected chi connectivity index (χ1v) is 17.9. The van der Waals surface area contributed by atoms with E-state index in [4.69, 9.17) is 11.5 Å². The van der Waals surface area contributed by atoms with Gasteiger partial charge in [0.05, 0.1) is 25.1 Å². The Labute approximate surface area is 319 Å². The molecule has 1 heterocycles. The van der Waals surface area contributed by atoms with E-state index in [2.05, 4.69) is 41.9 Å². The van der Waals surface area contributed by atoms with Crippen molar-refractivity contribution in [3.05, 3.63) is 18.2 Å². The van der Waals surface area contributed by atoms with Crippen LogP contribution in [0.5, 0.6) is 0 Å². The van der Waals surface area contributed by atoms with E-state index in [1.165, 1.54) is 12.5 Å². The number of H-pyrrole nitrogens is 1. The number of carbonyl (C=O) groups is 8. The molecule has 55 heavy (non-hydrogen) atoms. The maximum Gasteiger partial charge on any atom is 0.326 e. The van der Waals surface area contributed by atoms with E-state index < -0.39 is 115 Å². The zero-order valence-electron chi connectivity index (χ0n) is 32.3. The molecule has 0 saturated heterocycles. The molecule has 0 radical (unpaired) electrons. The highest BCUT2D eigenvalue weighted by Crippen LogP contribution is 2.10. The molecule has 8 atom stereocenters. The summed E-state index contributed by atoms with van der Waals surface area (Å²) in [5.74, 6) is -8.45. The van der Waals surface area contributed by atoms with Crippen LogP contribution in [0.15, 0.2) is 12.5 Å². The number of aliphatic carboxylic acids is 1. The van der Waals surface area contributed by atoms with Gasteiger partial charge in [0.1, 0.15) is 36.3 Å². The zero-order valence-corrected chi connectivity index (χ0v) is 32.3. The SMILES string of the molecule is CC(C)C[C@H](NC(=O)[C@@H](NC(=O)[C@@H](N)C(C)C)C(C)C)C(=O)N[C@@H](CO)C(=O)N[C@H](C(=O)N[C@@H](CCC(N)=O)C(=O)N[C@@H](Cc1cnc[nH]1)C(=O)O)[C@@H](C)O. The van der Waals surface area contributed by atoms with E-state index in [-0.39, 0.29) is 31.1 Å². The molecule has 0 unspecified atom stereocenters. The number of nitrogens with one attached hydrogen (secondary N) is 7. The maximum absolute atomic E-state index is 13.5. The fourth-order valence-electron chi connectivity index (χ4n) is 5.08. The standard InChI is InChI=1S/C34H58N10O11/c1-15(2)10-21(40-32(52)26(17(5)6)43-31(51)25(36)16(3)4)29(49)42-23(13-45)30(50)44-27(18(7)46)33(53)39-20(8-9-24(35)47)28(48)41-22(34(54)55)11-19-12-37-14-38-19/h12,14-18,20-23,25-27,45-46H,8-11,13,36H2,1-7H3,(H2,35,47)(H,37,38)(H,39,53)(H,40,52)(H,41,48)(H,42,49)(H,43,51)(H,44,50)(H,54,55)/t18-,20+,21+,22+,23+,25+,26+,27+/m1/s1. The summed E-state index contributed by atoms with van der Waals surface area (Å²) in [6.45, 7) is 10.6. The van der Waals surface area contributed by atoms with Gasteiger partial charge >= 0.3 is 5.97 Å². The van der Waals surface area contributed by atoms with Crippen molar-refractivity contribution in [3.63, 3.8) is 0 Å². The average Bonchev–Trinajstić information content (AvgIpc) is 3.61. The van der Waals surface area contributed by atoms with E-state index >= 15 is 0 Å². The van der Waals surface area contributed by atoms with Crippen LogP contribution < -0.4 is 43.4 Å².